The standard InChI is InChI=1S/C15H23NO3S/c1-6-8-10-9-11(13(17)19-7-2)12(20-10)16-14(18)15(3,4)5/h9H,6-8H2,1-5H3,(H,16,18). The summed E-state index contributed by atoms with van der Waals surface area (Å²) in [4.78, 5) is 25.1. The molecule has 0 spiro atoms. The molecule has 1 N–H and O–H groups in total. The molecule has 0 radical (unpaired) electrons. The highest BCUT2D eigenvalue weighted by Crippen LogP contribution is 2.31. The maximum Gasteiger partial charge on any atom is 0.341 e. The number of aryl methyl sites for hydroxylation is 1. The van der Waals surface area contributed by atoms with Crippen molar-refractivity contribution in [2.24, 2.45) is 5.41 Å². The van der Waals surface area contributed by atoms with E-state index in [1.165, 1.54) is 11.3 Å². The number of thiophene rings is 1. The lowest BCUT2D eigenvalue weighted by Crippen LogP contribution is -2.27. The van der Waals surface area contributed by atoms with Crippen LogP contribution in [0.3, 0.4) is 0 Å². The van der Waals surface area contributed by atoms with E-state index < -0.39 is 5.41 Å². The molecule has 0 saturated carbocycles. The fourth-order valence-corrected chi connectivity index (χ4v) is 2.70. The molecule has 1 amide bonds. The van der Waals surface area contributed by atoms with Gasteiger partial charge in [0.15, 0.2) is 0 Å². The lowest BCUT2D eigenvalue weighted by molar-refractivity contribution is -0.123. The maximum atomic E-state index is 12.1. The Morgan fingerprint density at radius 3 is 2.45 bits per heavy atom. The zero-order valence-corrected chi connectivity index (χ0v) is 13.6. The number of ether oxygens (including phenoxy) is 1. The maximum absolute atomic E-state index is 12.1. The van der Waals surface area contributed by atoms with E-state index in [-0.39, 0.29) is 11.9 Å². The topological polar surface area (TPSA) is 55.4 Å². The van der Waals surface area contributed by atoms with Gasteiger partial charge in [-0.2, -0.15) is 0 Å². The van der Waals surface area contributed by atoms with E-state index >= 15 is 0 Å². The van der Waals surface area contributed by atoms with Crippen LogP contribution >= 0.6 is 11.3 Å². The number of nitrogens with one attached hydrogen (secondary N) is 1. The molecule has 20 heavy (non-hydrogen) atoms. The number of esters is 1. The third-order valence-corrected chi connectivity index (χ3v) is 3.79. The predicted octanol–water partition coefficient (Wildman–Crippen LogP) is 3.86. The molecule has 0 aliphatic heterocycles. The second-order valence-electron chi connectivity index (χ2n) is 5.63. The van der Waals surface area contributed by atoms with Gasteiger partial charge in [-0.05, 0) is 19.4 Å². The summed E-state index contributed by atoms with van der Waals surface area (Å²) in [5.74, 6) is -0.483. The Labute approximate surface area is 124 Å². The molecular weight excluding hydrogens is 274 g/mol. The first-order chi connectivity index (χ1) is 9.29. The second kappa shape index (κ2) is 6.88. The smallest absolute Gasteiger partial charge is 0.341 e. The van der Waals surface area contributed by atoms with Gasteiger partial charge in [-0.3, -0.25) is 4.79 Å². The van der Waals surface area contributed by atoms with Crippen LogP contribution in [0.2, 0.25) is 0 Å². The van der Waals surface area contributed by atoms with Gasteiger partial charge in [0.1, 0.15) is 5.00 Å². The van der Waals surface area contributed by atoms with Gasteiger partial charge >= 0.3 is 5.97 Å². The third kappa shape index (κ3) is 4.34. The molecule has 0 saturated heterocycles. The monoisotopic (exact) mass is 297 g/mol. The highest BCUT2D eigenvalue weighted by atomic mass is 32.1. The molecule has 0 bridgehead atoms. The molecule has 5 heteroatoms. The largest absolute Gasteiger partial charge is 0.462 e. The van der Waals surface area contributed by atoms with Crippen LogP contribution in [0.4, 0.5) is 5.00 Å². The zero-order valence-electron chi connectivity index (χ0n) is 12.8. The summed E-state index contributed by atoms with van der Waals surface area (Å²) >= 11 is 1.45. The molecule has 4 nitrogen and oxygen atoms in total. The van der Waals surface area contributed by atoms with Crippen LogP contribution in [0.5, 0.6) is 0 Å². The minimum atomic E-state index is -0.499. The first kappa shape index (κ1) is 16.7. The first-order valence-electron chi connectivity index (χ1n) is 6.90. The average Bonchev–Trinajstić information content (AvgIpc) is 2.71. The van der Waals surface area contributed by atoms with Crippen molar-refractivity contribution in [1.29, 1.82) is 0 Å². The Hall–Kier alpha value is -1.36. The number of amides is 1. The van der Waals surface area contributed by atoms with Gasteiger partial charge in [0.05, 0.1) is 12.2 Å². The van der Waals surface area contributed by atoms with E-state index in [4.69, 9.17) is 4.74 Å². The van der Waals surface area contributed by atoms with Crippen molar-refractivity contribution in [3.63, 3.8) is 0 Å². The normalized spacial score (nSPS) is 11.2. The lowest BCUT2D eigenvalue weighted by Gasteiger charge is -2.17. The number of carbonyl (C=O) groups is 2. The van der Waals surface area contributed by atoms with Crippen LogP contribution in [0.15, 0.2) is 6.07 Å². The van der Waals surface area contributed by atoms with Crippen molar-refractivity contribution >= 4 is 28.2 Å². The molecule has 1 aromatic heterocycles. The molecule has 0 aromatic carbocycles. The molecule has 0 aliphatic rings. The van der Waals surface area contributed by atoms with E-state index in [1.54, 1.807) is 6.92 Å². The minimum absolute atomic E-state index is 0.104. The van der Waals surface area contributed by atoms with Crippen molar-refractivity contribution in [1.82, 2.24) is 0 Å². The van der Waals surface area contributed by atoms with Crippen molar-refractivity contribution in [2.75, 3.05) is 11.9 Å². The lowest BCUT2D eigenvalue weighted by atomic mass is 9.96. The quantitative estimate of drug-likeness (QED) is 0.840. The summed E-state index contributed by atoms with van der Waals surface area (Å²) in [7, 11) is 0. The Morgan fingerprint density at radius 1 is 1.30 bits per heavy atom. The van der Waals surface area contributed by atoms with Gasteiger partial charge in [-0.1, -0.05) is 34.1 Å². The number of carbonyl (C=O) groups excluding carboxylic acids is 2. The van der Waals surface area contributed by atoms with Crippen molar-refractivity contribution in [3.05, 3.63) is 16.5 Å². The average molecular weight is 297 g/mol. The molecule has 0 aliphatic carbocycles. The molecule has 1 rings (SSSR count). The van der Waals surface area contributed by atoms with E-state index in [0.29, 0.717) is 17.2 Å². The van der Waals surface area contributed by atoms with Crippen LogP contribution in [-0.2, 0) is 16.0 Å². The van der Waals surface area contributed by atoms with Crippen molar-refractivity contribution in [3.8, 4) is 0 Å². The van der Waals surface area contributed by atoms with Crippen LogP contribution < -0.4 is 5.32 Å². The fourth-order valence-electron chi connectivity index (χ4n) is 1.56. The number of hydrogen-bond donors (Lipinski definition) is 1. The summed E-state index contributed by atoms with van der Waals surface area (Å²) in [6.07, 6.45) is 1.89. The van der Waals surface area contributed by atoms with Crippen molar-refractivity contribution < 1.29 is 14.3 Å². The first-order valence-corrected chi connectivity index (χ1v) is 7.72. The molecule has 0 unspecified atom stereocenters. The van der Waals surface area contributed by atoms with Crippen LogP contribution in [0.25, 0.3) is 0 Å². The predicted molar refractivity (Wildman–Crippen MR) is 82.4 cm³/mol. The Balaban J connectivity index is 3.03. The van der Waals surface area contributed by atoms with E-state index in [1.807, 2.05) is 26.8 Å². The van der Waals surface area contributed by atoms with E-state index in [0.717, 1.165) is 17.7 Å². The minimum Gasteiger partial charge on any atom is -0.462 e. The molecule has 0 fully saturated rings. The highest BCUT2D eigenvalue weighted by molar-refractivity contribution is 7.16. The summed E-state index contributed by atoms with van der Waals surface area (Å²) in [6, 6.07) is 1.82. The highest BCUT2D eigenvalue weighted by Gasteiger charge is 2.25. The Kier molecular flexibility index (Phi) is 5.74. The van der Waals surface area contributed by atoms with Crippen molar-refractivity contribution in [2.45, 2.75) is 47.5 Å². The molecule has 0 atom stereocenters. The summed E-state index contributed by atoms with van der Waals surface area (Å²) in [5.41, 5.74) is -0.0428. The molecule has 112 valence electrons. The van der Waals surface area contributed by atoms with Gasteiger partial charge < -0.3 is 10.1 Å². The summed E-state index contributed by atoms with van der Waals surface area (Å²) in [6.45, 7) is 9.69. The van der Waals surface area contributed by atoms with Crippen LogP contribution in [-0.4, -0.2) is 18.5 Å². The summed E-state index contributed by atoms with van der Waals surface area (Å²) in [5, 5.41) is 3.44. The second-order valence-corrected chi connectivity index (χ2v) is 6.77. The third-order valence-electron chi connectivity index (χ3n) is 2.68. The Bertz CT molecular complexity index is 486. The van der Waals surface area contributed by atoms with Crippen LogP contribution in [0, 0.1) is 5.41 Å². The molecule has 1 aromatic rings. The molecular formula is C15H23NO3S. The van der Waals surface area contributed by atoms with Crippen LogP contribution in [0.1, 0.15) is 56.3 Å². The Morgan fingerprint density at radius 2 is 1.95 bits per heavy atom. The SMILES string of the molecule is CCCc1cc(C(=O)OCC)c(NC(=O)C(C)(C)C)s1. The fraction of sp³-hybridized carbons (Fsp3) is 0.600. The van der Waals surface area contributed by atoms with Gasteiger partial charge in [0.25, 0.3) is 0 Å². The van der Waals surface area contributed by atoms with Gasteiger partial charge in [0, 0.05) is 10.3 Å². The summed E-state index contributed by atoms with van der Waals surface area (Å²) < 4.78 is 5.04. The van der Waals surface area contributed by atoms with Gasteiger partial charge in [-0.25, -0.2) is 4.79 Å². The van der Waals surface area contributed by atoms with E-state index in [2.05, 4.69) is 12.2 Å². The van der Waals surface area contributed by atoms with E-state index in [9.17, 15) is 9.59 Å². The number of rotatable bonds is 5. The number of hydrogen-bond acceptors (Lipinski definition) is 4. The molecule has 1 heterocycles. The van der Waals surface area contributed by atoms with Gasteiger partial charge in [-0.15, -0.1) is 11.3 Å². The zero-order chi connectivity index (χ0) is 15.3. The van der Waals surface area contributed by atoms with Gasteiger partial charge in [0.2, 0.25) is 5.91 Å². The number of anilines is 1.